The van der Waals surface area contributed by atoms with E-state index >= 15 is 0 Å². The topological polar surface area (TPSA) is 113 Å². The van der Waals surface area contributed by atoms with E-state index < -0.39 is 17.8 Å². The van der Waals surface area contributed by atoms with Gasteiger partial charge in [-0.2, -0.15) is 3.64 Å². The summed E-state index contributed by atoms with van der Waals surface area (Å²) in [5.41, 5.74) is 7.21. The van der Waals surface area contributed by atoms with E-state index in [1.165, 1.54) is 11.1 Å². The maximum Gasteiger partial charge on any atom is 0.250 e. The van der Waals surface area contributed by atoms with Gasteiger partial charge < -0.3 is 20.4 Å². The molecule has 1 aliphatic carbocycles. The molecule has 1 unspecified atom stereocenters. The van der Waals surface area contributed by atoms with E-state index in [1.807, 2.05) is 53.2 Å². The predicted octanol–water partition coefficient (Wildman–Crippen LogP) is 4.35. The van der Waals surface area contributed by atoms with Crippen molar-refractivity contribution in [3.8, 4) is 11.3 Å². The minimum Gasteiger partial charge on any atom is -0.366 e. The second-order valence-electron chi connectivity index (χ2n) is 7.62. The van der Waals surface area contributed by atoms with Crippen molar-refractivity contribution < 1.29 is 18.5 Å². The number of hydrogen-bond donors (Lipinski definition) is 3. The second-order valence-corrected chi connectivity index (χ2v) is 8.10. The predicted molar refractivity (Wildman–Crippen MR) is 127 cm³/mol. The van der Waals surface area contributed by atoms with Crippen LogP contribution in [0, 0.1) is 11.7 Å². The van der Waals surface area contributed by atoms with E-state index in [0.717, 1.165) is 30.8 Å². The third-order valence-electron chi connectivity index (χ3n) is 5.30. The highest BCUT2D eigenvalue weighted by Gasteiger charge is 2.30. The van der Waals surface area contributed by atoms with Gasteiger partial charge in [0.15, 0.2) is 0 Å². The number of rotatable bonds is 10. The molecule has 1 amide bonds. The van der Waals surface area contributed by atoms with Crippen LogP contribution in [-0.2, 0) is 4.79 Å². The lowest BCUT2D eigenvalue weighted by atomic mass is 10.1. The number of nitrogens with two attached hydrogens (primary N) is 1. The summed E-state index contributed by atoms with van der Waals surface area (Å²) in [4.78, 5) is 23.7. The third kappa shape index (κ3) is 4.91. The van der Waals surface area contributed by atoms with E-state index in [2.05, 4.69) is 14.1 Å². The smallest absolute Gasteiger partial charge is 0.250 e. The summed E-state index contributed by atoms with van der Waals surface area (Å²) in [5, 5.41) is 8.44. The van der Waals surface area contributed by atoms with Crippen LogP contribution in [-0.4, -0.2) is 23.4 Å². The minimum absolute atomic E-state index is 0.0536. The van der Waals surface area contributed by atoms with E-state index in [9.17, 15) is 14.0 Å². The Morgan fingerprint density at radius 2 is 2.06 bits per heavy atom. The van der Waals surface area contributed by atoms with Crippen LogP contribution in [0.5, 0.6) is 0 Å². The van der Waals surface area contributed by atoms with E-state index in [1.54, 1.807) is 6.07 Å². The van der Waals surface area contributed by atoms with Gasteiger partial charge in [-0.1, -0.05) is 48.3 Å². The van der Waals surface area contributed by atoms with Gasteiger partial charge in [-0.05, 0) is 24.5 Å². The molecule has 1 saturated carbocycles. The number of anilines is 3. The molecule has 1 fully saturated rings. The molecule has 0 saturated heterocycles. The van der Waals surface area contributed by atoms with Crippen molar-refractivity contribution in [1.29, 1.82) is 0 Å². The Morgan fingerprint density at radius 1 is 1.31 bits per heavy atom. The molecule has 8 nitrogen and oxygen atoms in total. The largest absolute Gasteiger partial charge is 0.366 e. The van der Waals surface area contributed by atoms with E-state index in [4.69, 9.17) is 10.3 Å². The van der Waals surface area contributed by atoms with Gasteiger partial charge in [-0.3, -0.25) is 9.80 Å². The Kier molecular flexibility index (Phi) is 6.70. The number of halogens is 2. The van der Waals surface area contributed by atoms with Crippen molar-refractivity contribution in [2.45, 2.75) is 25.3 Å². The zero-order valence-electron chi connectivity index (χ0n) is 16.9. The number of nitrogens with zero attached hydrogens (tertiary/aromatic N) is 2. The van der Waals surface area contributed by atoms with Gasteiger partial charge in [0.25, 0.3) is 5.91 Å². The number of amides is 1. The summed E-state index contributed by atoms with van der Waals surface area (Å²) < 4.78 is 23.2. The molecule has 10 heteroatoms. The average Bonchev–Trinajstić information content (AvgIpc) is 3.50. The number of benzene rings is 2. The van der Waals surface area contributed by atoms with Gasteiger partial charge >= 0.3 is 0 Å². The lowest BCUT2D eigenvalue weighted by molar-refractivity contribution is -0.109. The van der Waals surface area contributed by atoms with Crippen LogP contribution in [0.15, 0.2) is 53.1 Å². The number of aldehydes is 1. The van der Waals surface area contributed by atoms with Crippen molar-refractivity contribution in [3.05, 3.63) is 59.9 Å². The van der Waals surface area contributed by atoms with Crippen molar-refractivity contribution >= 4 is 52.3 Å². The fourth-order valence-corrected chi connectivity index (χ4v) is 4.09. The number of hydrogen-bond acceptors (Lipinski definition) is 7. The van der Waals surface area contributed by atoms with Crippen LogP contribution in [0.25, 0.3) is 11.3 Å². The Morgan fingerprint density at radius 3 is 2.69 bits per heavy atom. The number of carbonyl (C=O) groups excluding carboxylic acids is 2. The number of nitrogens with one attached hydrogen (secondary N) is 2. The SMILES string of the molecule is NC(=O)c1cc(F)c(N(NI)C(C=O)CC2CC2)cc1Nc1cc(-c2ccccc2)no1. The van der Waals surface area contributed by atoms with Crippen LogP contribution in [0.4, 0.5) is 21.6 Å². The highest BCUT2D eigenvalue weighted by Crippen LogP contribution is 2.36. The normalized spacial score (nSPS) is 14.1. The quantitative estimate of drug-likeness (QED) is 0.149. The number of carbonyl (C=O) groups is 2. The first-order chi connectivity index (χ1) is 15.5. The highest BCUT2D eigenvalue weighted by atomic mass is 127. The fourth-order valence-electron chi connectivity index (χ4n) is 3.47. The summed E-state index contributed by atoms with van der Waals surface area (Å²) in [6.07, 6.45) is 3.53. The highest BCUT2D eigenvalue weighted by molar-refractivity contribution is 14.1. The van der Waals surface area contributed by atoms with Gasteiger partial charge in [-0.25, -0.2) is 4.39 Å². The molecule has 4 N–H and O–H groups in total. The summed E-state index contributed by atoms with van der Waals surface area (Å²) in [5.74, 6) is -0.783. The first-order valence-electron chi connectivity index (χ1n) is 10.0. The first kappa shape index (κ1) is 22.2. The third-order valence-corrected chi connectivity index (χ3v) is 5.82. The molecule has 1 heterocycles. The number of primary amides is 1. The Balaban J connectivity index is 1.67. The lowest BCUT2D eigenvalue weighted by Crippen LogP contribution is -2.43. The lowest BCUT2D eigenvalue weighted by Gasteiger charge is -2.29. The molecule has 0 bridgehead atoms. The molecule has 32 heavy (non-hydrogen) atoms. The van der Waals surface area contributed by atoms with Crippen LogP contribution in [0.3, 0.4) is 0 Å². The van der Waals surface area contributed by atoms with E-state index in [0.29, 0.717) is 18.0 Å². The maximum atomic E-state index is 15.0. The summed E-state index contributed by atoms with van der Waals surface area (Å²) >= 11 is 1.85. The average molecular weight is 549 g/mol. The molecular weight excluding hydrogens is 528 g/mol. The summed E-state index contributed by atoms with van der Waals surface area (Å²) in [7, 11) is 0. The van der Waals surface area contributed by atoms with Crippen molar-refractivity contribution in [2.24, 2.45) is 11.7 Å². The molecule has 3 aromatic rings. The molecule has 0 radical (unpaired) electrons. The van der Waals surface area contributed by atoms with Gasteiger partial charge in [0, 0.05) is 34.5 Å². The van der Waals surface area contributed by atoms with Gasteiger partial charge in [0.05, 0.1) is 16.9 Å². The van der Waals surface area contributed by atoms with E-state index in [-0.39, 0.29) is 22.8 Å². The first-order valence-corrected chi connectivity index (χ1v) is 11.1. The number of hydrazine groups is 1. The molecule has 1 aromatic heterocycles. The van der Waals surface area contributed by atoms with Crippen LogP contribution >= 0.6 is 22.9 Å². The maximum absolute atomic E-state index is 15.0. The molecule has 1 atom stereocenters. The molecule has 2 aromatic carbocycles. The van der Waals surface area contributed by atoms with Crippen LogP contribution < -0.4 is 19.7 Å². The summed E-state index contributed by atoms with van der Waals surface area (Å²) in [6, 6.07) is 13.0. The molecular formula is C22H21FIN5O3. The van der Waals surface area contributed by atoms with Crippen LogP contribution in [0.1, 0.15) is 29.6 Å². The van der Waals surface area contributed by atoms with Gasteiger partial charge in [0.1, 0.15) is 23.8 Å². The second kappa shape index (κ2) is 9.65. The van der Waals surface area contributed by atoms with Crippen molar-refractivity contribution in [1.82, 2.24) is 8.80 Å². The van der Waals surface area contributed by atoms with Gasteiger partial charge in [-0.15, -0.1) is 0 Å². The molecule has 166 valence electrons. The molecule has 1 aliphatic rings. The van der Waals surface area contributed by atoms with Gasteiger partial charge in [0.2, 0.25) is 5.88 Å². The van der Waals surface area contributed by atoms with Crippen molar-refractivity contribution in [3.63, 3.8) is 0 Å². The van der Waals surface area contributed by atoms with Crippen LogP contribution in [0.2, 0.25) is 0 Å². The Hall–Kier alpha value is -2.99. The number of aromatic nitrogens is 1. The van der Waals surface area contributed by atoms with Crippen molar-refractivity contribution in [2.75, 3.05) is 10.3 Å². The Labute approximate surface area is 197 Å². The zero-order chi connectivity index (χ0) is 22.7. The summed E-state index contributed by atoms with van der Waals surface area (Å²) in [6.45, 7) is 0. The molecule has 4 rings (SSSR count). The standard InChI is InChI=1S/C22H21FIN5O3/c23-17-9-16(22(25)31)19(10-20(17)29(28-24)15(12-30)8-13-6-7-13)26-21-11-18(27-32-21)14-4-2-1-3-5-14/h1-5,9-13,15,26,28H,6-8H2,(H2,25,31). The fraction of sp³-hybridized carbons (Fsp3) is 0.227. The Bertz CT molecular complexity index is 1120. The monoisotopic (exact) mass is 549 g/mol. The molecule has 0 aliphatic heterocycles. The minimum atomic E-state index is -0.806. The zero-order valence-corrected chi connectivity index (χ0v) is 19.1. The molecule has 0 spiro atoms.